The van der Waals surface area contributed by atoms with Gasteiger partial charge in [0, 0.05) is 37.3 Å². The van der Waals surface area contributed by atoms with E-state index in [4.69, 9.17) is 0 Å². The van der Waals surface area contributed by atoms with Gasteiger partial charge in [0.25, 0.3) is 0 Å². The largest absolute Gasteiger partial charge is 0.298 e. The van der Waals surface area contributed by atoms with E-state index in [-0.39, 0.29) is 0 Å². The second-order valence-corrected chi connectivity index (χ2v) is 8.21. The third-order valence-corrected chi connectivity index (χ3v) is 6.19. The maximum atomic E-state index is 4.50. The first kappa shape index (κ1) is 15.3. The molecule has 2 saturated heterocycles. The van der Waals surface area contributed by atoms with Crippen LogP contribution in [0.15, 0.2) is 41.9 Å². The van der Waals surface area contributed by atoms with Crippen LogP contribution in [-0.2, 0) is 13.1 Å². The summed E-state index contributed by atoms with van der Waals surface area (Å²) in [4.78, 5) is 11.3. The summed E-state index contributed by atoms with van der Waals surface area (Å²) in [5, 5.41) is 2.19. The van der Waals surface area contributed by atoms with Crippen LogP contribution in [-0.4, -0.2) is 41.0 Å². The summed E-state index contributed by atoms with van der Waals surface area (Å²) in [5.41, 5.74) is 1.72. The zero-order valence-corrected chi connectivity index (χ0v) is 14.5. The van der Waals surface area contributed by atoms with E-state index in [1.165, 1.54) is 56.0 Å². The van der Waals surface area contributed by atoms with E-state index in [1.54, 1.807) is 0 Å². The molecule has 0 saturated carbocycles. The van der Waals surface area contributed by atoms with Crippen LogP contribution in [0.3, 0.4) is 0 Å². The average Bonchev–Trinajstić information content (AvgIpc) is 3.20. The van der Waals surface area contributed by atoms with Gasteiger partial charge in [0.05, 0.1) is 5.69 Å². The Balaban J connectivity index is 1.37. The first-order valence-corrected chi connectivity index (χ1v) is 9.56. The molecule has 0 radical (unpaired) electrons. The van der Waals surface area contributed by atoms with Crippen LogP contribution in [0.5, 0.6) is 0 Å². The zero-order valence-electron chi connectivity index (χ0n) is 13.7. The summed E-state index contributed by atoms with van der Waals surface area (Å²) in [6, 6.07) is 10.7. The summed E-state index contributed by atoms with van der Waals surface area (Å²) in [5.74, 6) is 0. The van der Waals surface area contributed by atoms with Gasteiger partial charge in [-0.2, -0.15) is 0 Å². The first-order valence-electron chi connectivity index (χ1n) is 8.68. The average molecular weight is 327 g/mol. The topological polar surface area (TPSA) is 19.4 Å². The van der Waals surface area contributed by atoms with Crippen LogP contribution < -0.4 is 0 Å². The van der Waals surface area contributed by atoms with E-state index < -0.39 is 0 Å². The van der Waals surface area contributed by atoms with Crippen molar-refractivity contribution in [2.75, 3.05) is 26.2 Å². The van der Waals surface area contributed by atoms with Gasteiger partial charge in [0.1, 0.15) is 0 Å². The third kappa shape index (κ3) is 3.65. The van der Waals surface area contributed by atoms with Crippen molar-refractivity contribution in [1.29, 1.82) is 0 Å². The molecule has 0 unspecified atom stereocenters. The molecule has 23 heavy (non-hydrogen) atoms. The quantitative estimate of drug-likeness (QED) is 0.855. The monoisotopic (exact) mass is 327 g/mol. The van der Waals surface area contributed by atoms with E-state index in [0.29, 0.717) is 5.41 Å². The normalized spacial score (nSPS) is 26.1. The molecule has 2 aromatic rings. The highest BCUT2D eigenvalue weighted by Crippen LogP contribution is 2.39. The molecule has 1 spiro atoms. The fourth-order valence-electron chi connectivity index (χ4n) is 4.28. The maximum Gasteiger partial charge on any atom is 0.0543 e. The second-order valence-electron chi connectivity index (χ2n) is 7.18. The Morgan fingerprint density at radius 2 is 1.91 bits per heavy atom. The third-order valence-electron chi connectivity index (χ3n) is 5.33. The van der Waals surface area contributed by atoms with Gasteiger partial charge in [-0.3, -0.25) is 14.8 Å². The van der Waals surface area contributed by atoms with Crippen molar-refractivity contribution in [3.8, 4) is 0 Å². The Morgan fingerprint density at radius 3 is 2.70 bits per heavy atom. The van der Waals surface area contributed by atoms with Crippen LogP contribution >= 0.6 is 11.3 Å². The number of nitrogens with zero attached hydrogens (tertiary/aromatic N) is 3. The van der Waals surface area contributed by atoms with Crippen molar-refractivity contribution in [2.45, 2.75) is 32.4 Å². The fraction of sp³-hybridized carbons (Fsp3) is 0.526. The summed E-state index contributed by atoms with van der Waals surface area (Å²) in [7, 11) is 0. The van der Waals surface area contributed by atoms with Crippen LogP contribution in [0.1, 0.15) is 29.8 Å². The number of aromatic nitrogens is 1. The van der Waals surface area contributed by atoms with Gasteiger partial charge in [-0.25, -0.2) is 0 Å². The summed E-state index contributed by atoms with van der Waals surface area (Å²) >= 11 is 1.89. The van der Waals surface area contributed by atoms with E-state index in [2.05, 4.69) is 44.4 Å². The van der Waals surface area contributed by atoms with Gasteiger partial charge < -0.3 is 0 Å². The minimum absolute atomic E-state index is 0.518. The highest BCUT2D eigenvalue weighted by Gasteiger charge is 2.41. The van der Waals surface area contributed by atoms with E-state index >= 15 is 0 Å². The molecule has 4 rings (SSSR count). The van der Waals surface area contributed by atoms with Crippen molar-refractivity contribution < 1.29 is 0 Å². The van der Waals surface area contributed by atoms with Crippen LogP contribution in [0, 0.1) is 5.41 Å². The molecular formula is C19H25N3S. The molecule has 4 heteroatoms. The molecule has 4 heterocycles. The molecule has 2 aliphatic rings. The predicted molar refractivity (Wildman–Crippen MR) is 95.4 cm³/mol. The summed E-state index contributed by atoms with van der Waals surface area (Å²) in [6.07, 6.45) is 6.00. The lowest BCUT2D eigenvalue weighted by atomic mass is 9.79. The van der Waals surface area contributed by atoms with Gasteiger partial charge in [-0.1, -0.05) is 12.1 Å². The standard InChI is InChI=1S/C19H25N3S/c1-2-9-20-17(5-1)13-21-10-4-7-19(15-21)8-11-22(16-19)14-18-6-3-12-23-18/h1-3,5-6,9,12H,4,7-8,10-11,13-16H2/t19-/m0/s1. The number of thiophene rings is 1. The molecule has 0 aromatic carbocycles. The molecule has 3 nitrogen and oxygen atoms in total. The second kappa shape index (κ2) is 6.71. The molecule has 122 valence electrons. The van der Waals surface area contributed by atoms with Gasteiger partial charge in [0.15, 0.2) is 0 Å². The molecule has 0 bridgehead atoms. The lowest BCUT2D eigenvalue weighted by molar-refractivity contribution is 0.0858. The maximum absolute atomic E-state index is 4.50. The lowest BCUT2D eigenvalue weighted by Gasteiger charge is -2.40. The number of pyridine rings is 1. The Morgan fingerprint density at radius 1 is 1.00 bits per heavy atom. The SMILES string of the molecule is c1ccc(CN2CCC[C@]3(CCN(Cc4cccs4)C3)C2)nc1. The minimum Gasteiger partial charge on any atom is -0.298 e. The zero-order chi connectivity index (χ0) is 15.5. The van der Waals surface area contributed by atoms with Crippen molar-refractivity contribution in [3.63, 3.8) is 0 Å². The van der Waals surface area contributed by atoms with Crippen LogP contribution in [0.2, 0.25) is 0 Å². The Bertz CT molecular complexity index is 613. The summed E-state index contributed by atoms with van der Waals surface area (Å²) in [6.45, 7) is 7.14. The van der Waals surface area contributed by atoms with Crippen molar-refractivity contribution in [3.05, 3.63) is 52.5 Å². The lowest BCUT2D eigenvalue weighted by Crippen LogP contribution is -2.44. The van der Waals surface area contributed by atoms with Crippen LogP contribution in [0.25, 0.3) is 0 Å². The number of hydrogen-bond donors (Lipinski definition) is 0. The molecule has 0 aliphatic carbocycles. The highest BCUT2D eigenvalue weighted by atomic mass is 32.1. The van der Waals surface area contributed by atoms with Crippen molar-refractivity contribution >= 4 is 11.3 Å². The highest BCUT2D eigenvalue weighted by molar-refractivity contribution is 7.09. The van der Waals surface area contributed by atoms with Gasteiger partial charge >= 0.3 is 0 Å². The number of likely N-dealkylation sites (tertiary alicyclic amines) is 2. The van der Waals surface area contributed by atoms with Crippen LogP contribution in [0.4, 0.5) is 0 Å². The Kier molecular flexibility index (Phi) is 4.47. The fourth-order valence-corrected chi connectivity index (χ4v) is 5.03. The predicted octanol–water partition coefficient (Wildman–Crippen LogP) is 3.63. The van der Waals surface area contributed by atoms with Gasteiger partial charge in [-0.15, -0.1) is 11.3 Å². The molecule has 2 aliphatic heterocycles. The van der Waals surface area contributed by atoms with Gasteiger partial charge in [0.2, 0.25) is 0 Å². The van der Waals surface area contributed by atoms with E-state index in [0.717, 1.165) is 13.1 Å². The van der Waals surface area contributed by atoms with E-state index in [9.17, 15) is 0 Å². The molecule has 2 fully saturated rings. The number of rotatable bonds is 4. The Labute approximate surface area is 143 Å². The van der Waals surface area contributed by atoms with Gasteiger partial charge in [-0.05, 0) is 61.3 Å². The number of piperidine rings is 1. The molecule has 1 atom stereocenters. The summed E-state index contributed by atoms with van der Waals surface area (Å²) < 4.78 is 0. The smallest absolute Gasteiger partial charge is 0.0543 e. The number of hydrogen-bond acceptors (Lipinski definition) is 4. The molecule has 2 aromatic heterocycles. The van der Waals surface area contributed by atoms with Crippen molar-refractivity contribution in [1.82, 2.24) is 14.8 Å². The Hall–Kier alpha value is -1.23. The minimum atomic E-state index is 0.518. The van der Waals surface area contributed by atoms with Crippen molar-refractivity contribution in [2.24, 2.45) is 5.41 Å². The molecule has 0 amide bonds. The van der Waals surface area contributed by atoms with E-state index in [1.807, 2.05) is 23.6 Å². The molecular weight excluding hydrogens is 302 g/mol. The molecule has 0 N–H and O–H groups in total. The first-order chi connectivity index (χ1) is 11.3.